The lowest BCUT2D eigenvalue weighted by atomic mass is 10.2. The number of fused-ring (bicyclic) bond motifs is 1. The van der Waals surface area contributed by atoms with Crippen LogP contribution in [0, 0.1) is 0 Å². The third-order valence-corrected chi connectivity index (χ3v) is 5.31. The summed E-state index contributed by atoms with van der Waals surface area (Å²) in [5, 5.41) is 2.58. The van der Waals surface area contributed by atoms with Crippen LogP contribution in [0.2, 0.25) is 0 Å². The standard InChI is InChI=1S/C27H22N6O3/c1-19(34)29-26-30-24-23(28-18-32(24)17-20-11-5-2-6-12-20)25(31-26)36-27(35)33(21-13-7-3-8-14-21)22-15-9-4-10-16-22/h2-16,18H,17H2,1H3,(H,29,30,31,34). The molecule has 0 bridgehead atoms. The van der Waals surface area contributed by atoms with Crippen LogP contribution in [0.3, 0.4) is 0 Å². The minimum Gasteiger partial charge on any atom is -0.388 e. The number of carbonyl (C=O) groups excluding carboxylic acids is 2. The van der Waals surface area contributed by atoms with Crippen molar-refractivity contribution in [3.05, 3.63) is 103 Å². The van der Waals surface area contributed by atoms with Crippen LogP contribution in [0.1, 0.15) is 12.5 Å². The number of ether oxygens (including phenoxy) is 1. The predicted octanol–water partition coefficient (Wildman–Crippen LogP) is 5.17. The molecule has 2 amide bonds. The van der Waals surface area contributed by atoms with Crippen LogP contribution in [-0.4, -0.2) is 31.5 Å². The van der Waals surface area contributed by atoms with Crippen molar-refractivity contribution >= 4 is 40.5 Å². The van der Waals surface area contributed by atoms with E-state index in [1.54, 1.807) is 35.2 Å². The van der Waals surface area contributed by atoms with Crippen molar-refractivity contribution in [2.24, 2.45) is 0 Å². The summed E-state index contributed by atoms with van der Waals surface area (Å²) >= 11 is 0. The zero-order valence-corrected chi connectivity index (χ0v) is 19.4. The van der Waals surface area contributed by atoms with Gasteiger partial charge in [0, 0.05) is 6.92 Å². The Morgan fingerprint density at radius 3 is 2.03 bits per heavy atom. The fourth-order valence-corrected chi connectivity index (χ4v) is 3.74. The van der Waals surface area contributed by atoms with Crippen LogP contribution in [0.25, 0.3) is 11.2 Å². The highest BCUT2D eigenvalue weighted by Crippen LogP contribution is 2.29. The normalized spacial score (nSPS) is 10.7. The van der Waals surface area contributed by atoms with Crippen molar-refractivity contribution < 1.29 is 14.3 Å². The van der Waals surface area contributed by atoms with E-state index < -0.39 is 6.09 Å². The monoisotopic (exact) mass is 478 g/mol. The number of amides is 2. The van der Waals surface area contributed by atoms with E-state index in [0.29, 0.717) is 29.1 Å². The minimum atomic E-state index is -0.682. The van der Waals surface area contributed by atoms with E-state index in [1.165, 1.54) is 11.8 Å². The largest absolute Gasteiger partial charge is 0.425 e. The number of hydrogen-bond donors (Lipinski definition) is 1. The van der Waals surface area contributed by atoms with E-state index >= 15 is 0 Å². The van der Waals surface area contributed by atoms with Crippen LogP contribution in [-0.2, 0) is 11.3 Å². The molecule has 9 nitrogen and oxygen atoms in total. The SMILES string of the molecule is CC(=O)Nc1nc(OC(=O)N(c2ccccc2)c2ccccc2)c2ncn(Cc3ccccc3)c2n1. The summed E-state index contributed by atoms with van der Waals surface area (Å²) in [6.07, 6.45) is 0.923. The summed E-state index contributed by atoms with van der Waals surface area (Å²) in [4.78, 5) is 39.9. The van der Waals surface area contributed by atoms with E-state index in [-0.39, 0.29) is 17.7 Å². The Morgan fingerprint density at radius 2 is 1.44 bits per heavy atom. The smallest absolute Gasteiger partial charge is 0.388 e. The maximum absolute atomic E-state index is 13.5. The number of nitrogens with zero attached hydrogens (tertiary/aromatic N) is 5. The van der Waals surface area contributed by atoms with E-state index in [1.807, 2.05) is 66.7 Å². The lowest BCUT2D eigenvalue weighted by molar-refractivity contribution is -0.114. The van der Waals surface area contributed by atoms with Gasteiger partial charge in [-0.05, 0) is 29.8 Å². The van der Waals surface area contributed by atoms with Gasteiger partial charge in [0.1, 0.15) is 0 Å². The number of aromatic nitrogens is 4. The van der Waals surface area contributed by atoms with Gasteiger partial charge in [0.15, 0.2) is 11.2 Å². The van der Waals surface area contributed by atoms with Gasteiger partial charge in [-0.15, -0.1) is 0 Å². The topological polar surface area (TPSA) is 102 Å². The summed E-state index contributed by atoms with van der Waals surface area (Å²) in [6.45, 7) is 1.84. The quantitative estimate of drug-likeness (QED) is 0.361. The molecule has 0 radical (unpaired) electrons. The van der Waals surface area contributed by atoms with E-state index in [0.717, 1.165) is 5.56 Å². The van der Waals surface area contributed by atoms with Crippen LogP contribution in [0.15, 0.2) is 97.3 Å². The third kappa shape index (κ3) is 4.90. The molecule has 0 fully saturated rings. The number of benzene rings is 3. The molecule has 1 N–H and O–H groups in total. The maximum atomic E-state index is 13.5. The van der Waals surface area contributed by atoms with Crippen molar-refractivity contribution in [2.45, 2.75) is 13.5 Å². The average molecular weight is 479 g/mol. The van der Waals surface area contributed by atoms with Gasteiger partial charge in [0.25, 0.3) is 5.88 Å². The number of hydrogen-bond acceptors (Lipinski definition) is 6. The van der Waals surface area contributed by atoms with Gasteiger partial charge >= 0.3 is 6.09 Å². The van der Waals surface area contributed by atoms with E-state index in [9.17, 15) is 9.59 Å². The number of anilines is 3. The molecule has 0 saturated carbocycles. The van der Waals surface area contributed by atoms with Crippen LogP contribution in [0.4, 0.5) is 22.1 Å². The first kappa shape index (κ1) is 22.7. The predicted molar refractivity (Wildman–Crippen MR) is 136 cm³/mol. The number of nitrogens with one attached hydrogen (secondary N) is 1. The van der Waals surface area contributed by atoms with Crippen molar-refractivity contribution in [1.82, 2.24) is 19.5 Å². The number of para-hydroxylation sites is 2. The molecule has 0 aliphatic heterocycles. The molecule has 0 spiro atoms. The molecule has 5 aromatic rings. The van der Waals surface area contributed by atoms with Crippen molar-refractivity contribution in [3.63, 3.8) is 0 Å². The average Bonchev–Trinajstić information content (AvgIpc) is 3.28. The molecule has 178 valence electrons. The van der Waals surface area contributed by atoms with Crippen LogP contribution < -0.4 is 15.0 Å². The van der Waals surface area contributed by atoms with Crippen molar-refractivity contribution in [3.8, 4) is 5.88 Å². The maximum Gasteiger partial charge on any atom is 0.425 e. The molecular formula is C27H22N6O3. The highest BCUT2D eigenvalue weighted by Gasteiger charge is 2.24. The molecule has 2 heterocycles. The fraction of sp³-hybridized carbons (Fsp3) is 0.0741. The van der Waals surface area contributed by atoms with Gasteiger partial charge < -0.3 is 9.30 Å². The highest BCUT2D eigenvalue weighted by atomic mass is 16.6. The Kier molecular flexibility index (Phi) is 6.35. The number of carbonyl (C=O) groups is 2. The fourth-order valence-electron chi connectivity index (χ4n) is 3.74. The molecule has 0 aliphatic rings. The molecular weight excluding hydrogens is 456 g/mol. The molecule has 0 atom stereocenters. The Bertz CT molecular complexity index is 1470. The molecule has 9 heteroatoms. The summed E-state index contributed by atoms with van der Waals surface area (Å²) in [5.74, 6) is -0.396. The first-order valence-electron chi connectivity index (χ1n) is 11.2. The third-order valence-electron chi connectivity index (χ3n) is 5.31. The van der Waals surface area contributed by atoms with Gasteiger partial charge in [-0.25, -0.2) is 14.7 Å². The van der Waals surface area contributed by atoms with E-state index in [2.05, 4.69) is 20.3 Å². The Balaban J connectivity index is 1.55. The summed E-state index contributed by atoms with van der Waals surface area (Å²) in [5.41, 5.74) is 3.00. The van der Waals surface area contributed by atoms with Crippen molar-refractivity contribution in [2.75, 3.05) is 10.2 Å². The zero-order valence-electron chi connectivity index (χ0n) is 19.4. The van der Waals surface area contributed by atoms with Gasteiger partial charge in [0.2, 0.25) is 11.9 Å². The second-order valence-electron chi connectivity index (χ2n) is 7.94. The van der Waals surface area contributed by atoms with Gasteiger partial charge in [-0.3, -0.25) is 10.1 Å². The molecule has 2 aromatic heterocycles. The molecule has 0 saturated heterocycles. The van der Waals surface area contributed by atoms with Gasteiger partial charge in [-0.2, -0.15) is 9.97 Å². The summed E-state index contributed by atoms with van der Waals surface area (Å²) in [7, 11) is 0. The zero-order chi connectivity index (χ0) is 24.9. The summed E-state index contributed by atoms with van der Waals surface area (Å²) in [6, 6.07) is 28.1. The van der Waals surface area contributed by atoms with Crippen molar-refractivity contribution in [1.29, 1.82) is 0 Å². The molecule has 0 aliphatic carbocycles. The highest BCUT2D eigenvalue weighted by molar-refractivity contribution is 5.98. The molecule has 36 heavy (non-hydrogen) atoms. The van der Waals surface area contributed by atoms with Crippen LogP contribution >= 0.6 is 0 Å². The van der Waals surface area contributed by atoms with Gasteiger partial charge in [-0.1, -0.05) is 66.7 Å². The Hall–Kier alpha value is -5.05. The Labute approximate surface area is 207 Å². The first-order valence-corrected chi connectivity index (χ1v) is 11.2. The second kappa shape index (κ2) is 10.1. The summed E-state index contributed by atoms with van der Waals surface area (Å²) < 4.78 is 7.60. The molecule has 0 unspecified atom stereocenters. The minimum absolute atomic E-state index is 0.0126. The number of imidazole rings is 1. The number of rotatable bonds is 6. The van der Waals surface area contributed by atoms with Crippen LogP contribution in [0.5, 0.6) is 5.88 Å². The van der Waals surface area contributed by atoms with Gasteiger partial charge in [0.05, 0.1) is 24.2 Å². The lowest BCUT2D eigenvalue weighted by Crippen LogP contribution is -2.29. The molecule has 5 rings (SSSR count). The molecule has 3 aromatic carbocycles. The Morgan fingerprint density at radius 1 is 0.861 bits per heavy atom. The lowest BCUT2D eigenvalue weighted by Gasteiger charge is -2.22. The second-order valence-corrected chi connectivity index (χ2v) is 7.94. The first-order chi connectivity index (χ1) is 17.6. The van der Waals surface area contributed by atoms with E-state index in [4.69, 9.17) is 4.74 Å².